The molecular formula is C12H14O4. The first-order valence-corrected chi connectivity index (χ1v) is 5.29. The molecule has 4 heteroatoms. The number of hydrogen-bond donors (Lipinski definition) is 1. The fourth-order valence-electron chi connectivity index (χ4n) is 1.67. The van der Waals surface area contributed by atoms with Gasteiger partial charge in [0.2, 0.25) is 0 Å². The van der Waals surface area contributed by atoms with Crippen LogP contribution >= 0.6 is 0 Å². The number of cyclic esters (lactones) is 1. The van der Waals surface area contributed by atoms with Crippen molar-refractivity contribution in [3.05, 3.63) is 29.8 Å². The maximum atomic E-state index is 11.3. The number of aliphatic hydroxyl groups is 1. The van der Waals surface area contributed by atoms with Crippen LogP contribution in [-0.4, -0.2) is 23.8 Å². The lowest BCUT2D eigenvalue weighted by Gasteiger charge is -2.15. The summed E-state index contributed by atoms with van der Waals surface area (Å²) >= 11 is 0. The fourth-order valence-corrected chi connectivity index (χ4v) is 1.67. The molecular weight excluding hydrogens is 208 g/mol. The molecule has 1 N–H and O–H groups in total. The SMILES string of the molecule is C[C@@H](O)c1ccccc1OC1CCOC1=O. The number of hydrogen-bond acceptors (Lipinski definition) is 4. The van der Waals surface area contributed by atoms with Crippen LogP contribution in [0.3, 0.4) is 0 Å². The summed E-state index contributed by atoms with van der Waals surface area (Å²) in [6.45, 7) is 2.06. The highest BCUT2D eigenvalue weighted by Crippen LogP contribution is 2.27. The van der Waals surface area contributed by atoms with E-state index in [1.54, 1.807) is 19.1 Å². The van der Waals surface area contributed by atoms with E-state index in [0.717, 1.165) is 0 Å². The van der Waals surface area contributed by atoms with Crippen molar-refractivity contribution in [2.45, 2.75) is 25.6 Å². The Morgan fingerprint density at radius 3 is 2.88 bits per heavy atom. The lowest BCUT2D eigenvalue weighted by Crippen LogP contribution is -2.22. The zero-order valence-electron chi connectivity index (χ0n) is 9.05. The molecule has 0 aromatic heterocycles. The molecule has 1 aliphatic heterocycles. The monoisotopic (exact) mass is 222 g/mol. The summed E-state index contributed by atoms with van der Waals surface area (Å²) in [4.78, 5) is 11.3. The quantitative estimate of drug-likeness (QED) is 0.786. The third kappa shape index (κ3) is 2.17. The minimum absolute atomic E-state index is 0.333. The minimum Gasteiger partial charge on any atom is -0.478 e. The van der Waals surface area contributed by atoms with E-state index in [1.165, 1.54) is 0 Å². The van der Waals surface area contributed by atoms with E-state index in [0.29, 0.717) is 24.3 Å². The van der Waals surface area contributed by atoms with Gasteiger partial charge in [-0.25, -0.2) is 4.79 Å². The highest BCUT2D eigenvalue weighted by molar-refractivity contribution is 5.76. The number of esters is 1. The molecule has 1 aliphatic rings. The summed E-state index contributed by atoms with van der Waals surface area (Å²) in [6, 6.07) is 7.15. The molecule has 1 aromatic rings. The van der Waals surface area contributed by atoms with Crippen LogP contribution in [0.1, 0.15) is 25.0 Å². The van der Waals surface area contributed by atoms with Crippen LogP contribution in [0.25, 0.3) is 0 Å². The minimum atomic E-state index is -0.617. The molecule has 86 valence electrons. The topological polar surface area (TPSA) is 55.8 Å². The standard InChI is InChI=1S/C12H14O4/c1-8(13)9-4-2-3-5-10(9)16-11-6-7-15-12(11)14/h2-5,8,11,13H,6-7H2,1H3/t8-,11?/m1/s1. The molecule has 0 radical (unpaired) electrons. The number of aliphatic hydroxyl groups excluding tert-OH is 1. The van der Waals surface area contributed by atoms with Crippen LogP contribution < -0.4 is 4.74 Å². The van der Waals surface area contributed by atoms with E-state index in [-0.39, 0.29) is 5.97 Å². The van der Waals surface area contributed by atoms with Gasteiger partial charge in [0.1, 0.15) is 5.75 Å². The second-order valence-corrected chi connectivity index (χ2v) is 3.78. The van der Waals surface area contributed by atoms with Crippen LogP contribution in [0, 0.1) is 0 Å². The van der Waals surface area contributed by atoms with Crippen LogP contribution in [0.4, 0.5) is 0 Å². The molecule has 1 saturated heterocycles. The van der Waals surface area contributed by atoms with Gasteiger partial charge in [0.05, 0.1) is 12.7 Å². The summed E-state index contributed by atoms with van der Waals surface area (Å²) in [5.74, 6) is 0.210. The van der Waals surface area contributed by atoms with Gasteiger partial charge in [-0.2, -0.15) is 0 Å². The van der Waals surface area contributed by atoms with Crippen LogP contribution in [-0.2, 0) is 9.53 Å². The third-order valence-electron chi connectivity index (χ3n) is 2.53. The maximum absolute atomic E-state index is 11.3. The molecule has 1 unspecified atom stereocenters. The van der Waals surface area contributed by atoms with Crippen molar-refractivity contribution in [2.24, 2.45) is 0 Å². The molecule has 1 aromatic carbocycles. The van der Waals surface area contributed by atoms with E-state index in [4.69, 9.17) is 9.47 Å². The smallest absolute Gasteiger partial charge is 0.347 e. The molecule has 2 atom stereocenters. The van der Waals surface area contributed by atoms with Crippen molar-refractivity contribution in [3.63, 3.8) is 0 Å². The molecule has 1 fully saturated rings. The molecule has 0 spiro atoms. The van der Waals surface area contributed by atoms with Gasteiger partial charge in [-0.3, -0.25) is 0 Å². The third-order valence-corrected chi connectivity index (χ3v) is 2.53. The molecule has 1 heterocycles. The number of para-hydroxylation sites is 1. The number of rotatable bonds is 3. The van der Waals surface area contributed by atoms with Crippen molar-refractivity contribution < 1.29 is 19.4 Å². The Bertz CT molecular complexity index is 386. The summed E-state index contributed by atoms with van der Waals surface area (Å²) in [5, 5.41) is 9.55. The van der Waals surface area contributed by atoms with Gasteiger partial charge in [0.15, 0.2) is 6.10 Å². The first-order valence-electron chi connectivity index (χ1n) is 5.29. The van der Waals surface area contributed by atoms with Gasteiger partial charge < -0.3 is 14.6 Å². The molecule has 2 rings (SSSR count). The van der Waals surface area contributed by atoms with Crippen molar-refractivity contribution in [3.8, 4) is 5.75 Å². The van der Waals surface area contributed by atoms with Gasteiger partial charge in [-0.1, -0.05) is 18.2 Å². The van der Waals surface area contributed by atoms with Gasteiger partial charge in [-0.15, -0.1) is 0 Å². The normalized spacial score (nSPS) is 21.6. The first kappa shape index (κ1) is 11.0. The molecule has 0 saturated carbocycles. The van der Waals surface area contributed by atoms with Crippen molar-refractivity contribution in [1.29, 1.82) is 0 Å². The van der Waals surface area contributed by atoms with E-state index >= 15 is 0 Å². The maximum Gasteiger partial charge on any atom is 0.347 e. The predicted octanol–water partition coefficient (Wildman–Crippen LogP) is 1.43. The average Bonchev–Trinajstić information content (AvgIpc) is 2.65. The van der Waals surface area contributed by atoms with Crippen molar-refractivity contribution >= 4 is 5.97 Å². The number of carbonyl (C=O) groups excluding carboxylic acids is 1. The largest absolute Gasteiger partial charge is 0.478 e. The molecule has 16 heavy (non-hydrogen) atoms. The Labute approximate surface area is 93.8 Å². The van der Waals surface area contributed by atoms with Crippen LogP contribution in [0.5, 0.6) is 5.75 Å². The van der Waals surface area contributed by atoms with Gasteiger partial charge >= 0.3 is 5.97 Å². The van der Waals surface area contributed by atoms with E-state index in [2.05, 4.69) is 0 Å². The van der Waals surface area contributed by atoms with E-state index in [1.807, 2.05) is 12.1 Å². The highest BCUT2D eigenvalue weighted by atomic mass is 16.6. The Balaban J connectivity index is 2.17. The van der Waals surface area contributed by atoms with Gasteiger partial charge in [0, 0.05) is 12.0 Å². The fraction of sp³-hybridized carbons (Fsp3) is 0.417. The van der Waals surface area contributed by atoms with Gasteiger partial charge in [-0.05, 0) is 13.0 Å². The summed E-state index contributed by atoms with van der Waals surface area (Å²) < 4.78 is 10.4. The first-order chi connectivity index (χ1) is 7.68. The highest BCUT2D eigenvalue weighted by Gasteiger charge is 2.29. The van der Waals surface area contributed by atoms with Crippen LogP contribution in [0.15, 0.2) is 24.3 Å². The second-order valence-electron chi connectivity index (χ2n) is 3.78. The van der Waals surface area contributed by atoms with Crippen molar-refractivity contribution in [1.82, 2.24) is 0 Å². The summed E-state index contributed by atoms with van der Waals surface area (Å²) in [5.41, 5.74) is 0.683. The van der Waals surface area contributed by atoms with E-state index < -0.39 is 12.2 Å². The Morgan fingerprint density at radius 1 is 1.50 bits per heavy atom. The summed E-state index contributed by atoms with van der Waals surface area (Å²) in [6.07, 6.45) is -0.596. The van der Waals surface area contributed by atoms with Crippen molar-refractivity contribution in [2.75, 3.05) is 6.61 Å². The van der Waals surface area contributed by atoms with Gasteiger partial charge in [0.25, 0.3) is 0 Å². The molecule has 0 bridgehead atoms. The van der Waals surface area contributed by atoms with E-state index in [9.17, 15) is 9.90 Å². The number of carbonyl (C=O) groups is 1. The van der Waals surface area contributed by atoms with Crippen LogP contribution in [0.2, 0.25) is 0 Å². The zero-order chi connectivity index (χ0) is 11.5. The molecule has 4 nitrogen and oxygen atoms in total. The lowest BCUT2D eigenvalue weighted by molar-refractivity contribution is -0.143. The lowest BCUT2D eigenvalue weighted by atomic mass is 10.1. The predicted molar refractivity (Wildman–Crippen MR) is 57.1 cm³/mol. The Hall–Kier alpha value is -1.55. The Morgan fingerprint density at radius 2 is 2.25 bits per heavy atom. The summed E-state index contributed by atoms with van der Waals surface area (Å²) in [7, 11) is 0. The molecule has 0 amide bonds. The average molecular weight is 222 g/mol. The number of benzene rings is 1. The second kappa shape index (κ2) is 4.53. The number of ether oxygens (including phenoxy) is 2. The Kier molecular flexibility index (Phi) is 3.10. The zero-order valence-corrected chi connectivity index (χ0v) is 9.05. The molecule has 0 aliphatic carbocycles.